The molecule has 0 spiro atoms. The highest BCUT2D eigenvalue weighted by Gasteiger charge is 2.38. The molecule has 15 heavy (non-hydrogen) atoms. The van der Waals surface area contributed by atoms with Crippen LogP contribution in [0.3, 0.4) is 0 Å². The van der Waals surface area contributed by atoms with Gasteiger partial charge in [-0.25, -0.2) is 0 Å². The van der Waals surface area contributed by atoms with Crippen LogP contribution in [0.2, 0.25) is 0 Å². The van der Waals surface area contributed by atoms with Crippen molar-refractivity contribution in [3.05, 3.63) is 0 Å². The first kappa shape index (κ1) is 12.5. The molecule has 1 aliphatic rings. The van der Waals surface area contributed by atoms with Crippen LogP contribution in [0, 0.1) is 0 Å². The van der Waals surface area contributed by atoms with E-state index in [-0.39, 0.29) is 5.91 Å². The number of likely N-dealkylation sites (tertiary alicyclic amines) is 1. The van der Waals surface area contributed by atoms with Crippen LogP contribution >= 0.6 is 0 Å². The first-order valence-electron chi connectivity index (χ1n) is 6.05. The number of amides is 1. The maximum atomic E-state index is 11.6. The zero-order valence-corrected chi connectivity index (χ0v) is 9.96. The van der Waals surface area contributed by atoms with E-state index in [0.29, 0.717) is 19.5 Å². The first-order chi connectivity index (χ1) is 7.05. The highest BCUT2D eigenvalue weighted by Crippen LogP contribution is 2.21. The third kappa shape index (κ3) is 4.20. The summed E-state index contributed by atoms with van der Waals surface area (Å²) < 4.78 is 0. The topological polar surface area (TPSA) is 40.5 Å². The third-order valence-electron chi connectivity index (χ3n) is 2.91. The molecule has 1 aliphatic heterocycles. The van der Waals surface area contributed by atoms with Crippen LogP contribution in [0.4, 0.5) is 0 Å². The summed E-state index contributed by atoms with van der Waals surface area (Å²) >= 11 is 0. The first-order valence-corrected chi connectivity index (χ1v) is 6.05. The molecule has 0 bridgehead atoms. The lowest BCUT2D eigenvalue weighted by Crippen LogP contribution is -2.61. The monoisotopic (exact) mass is 213 g/mol. The number of hydrogen-bond donors (Lipinski definition) is 1. The Bertz CT molecular complexity index is 206. The van der Waals surface area contributed by atoms with E-state index in [1.807, 2.05) is 0 Å². The van der Waals surface area contributed by atoms with Crippen LogP contribution < -0.4 is 0 Å². The van der Waals surface area contributed by atoms with Gasteiger partial charge in [0, 0.05) is 6.42 Å². The fraction of sp³-hybridized carbons (Fsp3) is 0.917. The van der Waals surface area contributed by atoms with Gasteiger partial charge in [-0.1, -0.05) is 32.6 Å². The minimum atomic E-state index is -0.627. The maximum Gasteiger partial charge on any atom is 0.222 e. The van der Waals surface area contributed by atoms with E-state index in [0.717, 1.165) is 12.8 Å². The van der Waals surface area contributed by atoms with Crippen LogP contribution in [0.25, 0.3) is 0 Å². The van der Waals surface area contributed by atoms with Gasteiger partial charge in [0.05, 0.1) is 18.7 Å². The summed E-state index contributed by atoms with van der Waals surface area (Å²) in [6.45, 7) is 4.99. The van der Waals surface area contributed by atoms with Crippen molar-refractivity contribution in [1.82, 2.24) is 4.90 Å². The van der Waals surface area contributed by atoms with E-state index in [1.54, 1.807) is 11.8 Å². The van der Waals surface area contributed by atoms with Gasteiger partial charge < -0.3 is 10.0 Å². The number of carbonyl (C=O) groups is 1. The average molecular weight is 213 g/mol. The maximum absolute atomic E-state index is 11.6. The summed E-state index contributed by atoms with van der Waals surface area (Å²) in [6, 6.07) is 0. The van der Waals surface area contributed by atoms with Crippen LogP contribution in [0.15, 0.2) is 0 Å². The Morgan fingerprint density at radius 2 is 1.87 bits per heavy atom. The summed E-state index contributed by atoms with van der Waals surface area (Å²) in [7, 11) is 0. The van der Waals surface area contributed by atoms with Crippen LogP contribution in [-0.2, 0) is 4.79 Å². The molecule has 1 saturated heterocycles. The lowest BCUT2D eigenvalue weighted by atomic mass is 9.96. The second-order valence-electron chi connectivity index (χ2n) is 4.91. The van der Waals surface area contributed by atoms with E-state index < -0.39 is 5.60 Å². The molecule has 0 saturated carbocycles. The SMILES string of the molecule is CCCCCCCC(=O)N1CC(C)(O)C1. The molecule has 0 aromatic heterocycles. The molecule has 1 rings (SSSR count). The molecule has 3 heteroatoms. The quantitative estimate of drug-likeness (QED) is 0.685. The summed E-state index contributed by atoms with van der Waals surface area (Å²) in [5, 5.41) is 9.48. The standard InChI is InChI=1S/C12H23NO2/c1-3-4-5-6-7-8-11(14)13-9-12(2,15)10-13/h15H,3-10H2,1-2H3. The zero-order valence-electron chi connectivity index (χ0n) is 9.96. The van der Waals surface area contributed by atoms with Gasteiger partial charge in [0.15, 0.2) is 0 Å². The molecule has 1 heterocycles. The van der Waals surface area contributed by atoms with Crippen LogP contribution in [0.1, 0.15) is 52.4 Å². The molecule has 1 N–H and O–H groups in total. The Labute approximate surface area is 92.5 Å². The second-order valence-corrected chi connectivity index (χ2v) is 4.91. The smallest absolute Gasteiger partial charge is 0.222 e. The summed E-state index contributed by atoms with van der Waals surface area (Å²) in [5.41, 5.74) is -0.627. The predicted molar refractivity (Wildman–Crippen MR) is 60.6 cm³/mol. The number of nitrogens with zero attached hydrogens (tertiary/aromatic N) is 1. The van der Waals surface area contributed by atoms with Crippen molar-refractivity contribution >= 4 is 5.91 Å². The predicted octanol–water partition coefficient (Wildman–Crippen LogP) is 1.94. The minimum Gasteiger partial charge on any atom is -0.386 e. The molecule has 0 unspecified atom stereocenters. The van der Waals surface area contributed by atoms with Crippen LogP contribution in [0.5, 0.6) is 0 Å². The molecule has 3 nitrogen and oxygen atoms in total. The van der Waals surface area contributed by atoms with Crippen molar-refractivity contribution < 1.29 is 9.90 Å². The highest BCUT2D eigenvalue weighted by molar-refractivity contribution is 5.77. The van der Waals surface area contributed by atoms with Crippen molar-refractivity contribution in [1.29, 1.82) is 0 Å². The Hall–Kier alpha value is -0.570. The summed E-state index contributed by atoms with van der Waals surface area (Å²) in [6.07, 6.45) is 6.55. The highest BCUT2D eigenvalue weighted by atomic mass is 16.3. The molecule has 0 radical (unpaired) electrons. The number of β-amino-alcohol motifs (C(OH)–C–C–N with tert-alkyl or cyclic N) is 1. The van der Waals surface area contributed by atoms with Crippen molar-refractivity contribution in [2.75, 3.05) is 13.1 Å². The van der Waals surface area contributed by atoms with Gasteiger partial charge in [-0.2, -0.15) is 0 Å². The average Bonchev–Trinajstić information content (AvgIpc) is 2.13. The van der Waals surface area contributed by atoms with Gasteiger partial charge >= 0.3 is 0 Å². The van der Waals surface area contributed by atoms with Gasteiger partial charge in [0.2, 0.25) is 5.91 Å². The van der Waals surface area contributed by atoms with Gasteiger partial charge in [0.25, 0.3) is 0 Å². The van der Waals surface area contributed by atoms with E-state index in [1.165, 1.54) is 19.3 Å². The van der Waals surface area contributed by atoms with Crippen molar-refractivity contribution in [3.8, 4) is 0 Å². The Morgan fingerprint density at radius 1 is 1.27 bits per heavy atom. The largest absolute Gasteiger partial charge is 0.386 e. The van der Waals surface area contributed by atoms with E-state index >= 15 is 0 Å². The molecule has 0 aromatic carbocycles. The normalized spacial score (nSPS) is 18.7. The summed E-state index contributed by atoms with van der Waals surface area (Å²) in [5.74, 6) is 0.207. The number of carbonyl (C=O) groups excluding carboxylic acids is 1. The van der Waals surface area contributed by atoms with Gasteiger partial charge in [-0.3, -0.25) is 4.79 Å². The Morgan fingerprint density at radius 3 is 2.40 bits per heavy atom. The molecule has 1 amide bonds. The Balaban J connectivity index is 2.00. The molecule has 88 valence electrons. The van der Waals surface area contributed by atoms with Crippen molar-refractivity contribution in [2.24, 2.45) is 0 Å². The van der Waals surface area contributed by atoms with Crippen molar-refractivity contribution in [2.45, 2.75) is 58.0 Å². The summed E-state index contributed by atoms with van der Waals surface area (Å²) in [4.78, 5) is 13.3. The van der Waals surface area contributed by atoms with Gasteiger partial charge in [-0.15, -0.1) is 0 Å². The van der Waals surface area contributed by atoms with Crippen LogP contribution in [-0.4, -0.2) is 34.6 Å². The lowest BCUT2D eigenvalue weighted by molar-refractivity contribution is -0.152. The van der Waals surface area contributed by atoms with Gasteiger partial charge in [0.1, 0.15) is 0 Å². The molecule has 0 atom stereocenters. The fourth-order valence-electron chi connectivity index (χ4n) is 1.99. The Kier molecular flexibility index (Phi) is 4.58. The number of unbranched alkanes of at least 4 members (excludes halogenated alkanes) is 4. The molecule has 1 fully saturated rings. The zero-order chi connectivity index (χ0) is 11.3. The molecular weight excluding hydrogens is 190 g/mol. The van der Waals surface area contributed by atoms with E-state index in [2.05, 4.69) is 6.92 Å². The third-order valence-corrected chi connectivity index (χ3v) is 2.91. The minimum absolute atomic E-state index is 0.207. The second kappa shape index (κ2) is 5.50. The van der Waals surface area contributed by atoms with E-state index in [9.17, 15) is 9.90 Å². The number of hydrogen-bond acceptors (Lipinski definition) is 2. The number of aliphatic hydroxyl groups is 1. The fourth-order valence-corrected chi connectivity index (χ4v) is 1.99. The molecule has 0 aliphatic carbocycles. The van der Waals surface area contributed by atoms with E-state index in [4.69, 9.17) is 0 Å². The molecular formula is C12H23NO2. The number of rotatable bonds is 6. The molecule has 0 aromatic rings. The van der Waals surface area contributed by atoms with Gasteiger partial charge in [-0.05, 0) is 13.3 Å². The lowest BCUT2D eigenvalue weighted by Gasteiger charge is -2.44. The van der Waals surface area contributed by atoms with Crippen molar-refractivity contribution in [3.63, 3.8) is 0 Å².